The van der Waals surface area contributed by atoms with Gasteiger partial charge in [-0.15, -0.1) is 0 Å². The topological polar surface area (TPSA) is 15.3 Å². The van der Waals surface area contributed by atoms with E-state index in [1.165, 1.54) is 25.0 Å². The Balaban J connectivity index is 1.66. The molecule has 1 aliphatic heterocycles. The first-order chi connectivity index (χ1) is 9.43. The van der Waals surface area contributed by atoms with Gasteiger partial charge < -0.3 is 5.32 Å². The molecule has 0 spiro atoms. The summed E-state index contributed by atoms with van der Waals surface area (Å²) in [5.41, 5.74) is -0.0257. The smallest absolute Gasteiger partial charge is 0.381 e. The van der Waals surface area contributed by atoms with Crippen LogP contribution >= 0.6 is 0 Å². The lowest BCUT2D eigenvalue weighted by molar-refractivity contribution is -0.137. The summed E-state index contributed by atoms with van der Waals surface area (Å²) in [6.45, 7) is 3.13. The van der Waals surface area contributed by atoms with Gasteiger partial charge in [0.15, 0.2) is 0 Å². The molecule has 2 nitrogen and oxygen atoms in total. The van der Waals surface area contributed by atoms with E-state index in [2.05, 4.69) is 17.1 Å². The highest BCUT2D eigenvalue weighted by Crippen LogP contribution is 2.35. The Morgan fingerprint density at radius 2 is 2.00 bits per heavy atom. The predicted molar refractivity (Wildman–Crippen MR) is 72.7 cm³/mol. The molecule has 2 atom stereocenters. The molecule has 5 heteroatoms. The van der Waals surface area contributed by atoms with Gasteiger partial charge in [-0.2, -0.15) is 13.2 Å². The van der Waals surface area contributed by atoms with Crippen LogP contribution in [0.2, 0.25) is 0 Å². The first-order valence-electron chi connectivity index (χ1n) is 7.13. The third-order valence-electron chi connectivity index (χ3n) is 4.20. The van der Waals surface area contributed by atoms with Crippen LogP contribution in [-0.4, -0.2) is 29.6 Å². The molecule has 1 aromatic rings. The van der Waals surface area contributed by atoms with Crippen molar-refractivity contribution < 1.29 is 13.2 Å². The molecule has 2 unspecified atom stereocenters. The van der Waals surface area contributed by atoms with Crippen molar-refractivity contribution in [2.75, 3.05) is 11.9 Å². The van der Waals surface area contributed by atoms with Gasteiger partial charge in [-0.05, 0) is 44.4 Å². The molecule has 1 N–H and O–H groups in total. The summed E-state index contributed by atoms with van der Waals surface area (Å²) in [6, 6.07) is 6.95. The lowest BCUT2D eigenvalue weighted by atomic mass is 10.1. The zero-order valence-corrected chi connectivity index (χ0v) is 11.5. The Kier molecular flexibility index (Phi) is 3.40. The van der Waals surface area contributed by atoms with Gasteiger partial charge in [0.2, 0.25) is 0 Å². The van der Waals surface area contributed by atoms with Crippen molar-refractivity contribution in [2.45, 2.75) is 50.5 Å². The molecule has 0 aromatic heterocycles. The van der Waals surface area contributed by atoms with E-state index in [1.807, 2.05) is 0 Å². The fourth-order valence-electron chi connectivity index (χ4n) is 3.10. The van der Waals surface area contributed by atoms with Gasteiger partial charge in [0.1, 0.15) is 0 Å². The van der Waals surface area contributed by atoms with Crippen LogP contribution in [0.1, 0.15) is 31.7 Å². The van der Waals surface area contributed by atoms with Gasteiger partial charge in [-0.25, -0.2) is 0 Å². The maximum atomic E-state index is 12.7. The highest BCUT2D eigenvalue weighted by molar-refractivity contribution is 5.47. The number of nitrogens with zero attached hydrogens (tertiary/aromatic N) is 1. The summed E-state index contributed by atoms with van der Waals surface area (Å²) < 4.78 is 38.1. The van der Waals surface area contributed by atoms with Gasteiger partial charge in [-0.1, -0.05) is 6.07 Å². The molecule has 1 saturated carbocycles. The summed E-state index contributed by atoms with van der Waals surface area (Å²) >= 11 is 0. The summed E-state index contributed by atoms with van der Waals surface area (Å²) in [4.78, 5) is 2.48. The molecule has 20 heavy (non-hydrogen) atoms. The molecular formula is C15H19F3N2. The fraction of sp³-hybridized carbons (Fsp3) is 0.600. The van der Waals surface area contributed by atoms with E-state index in [-0.39, 0.29) is 6.04 Å². The number of rotatable bonds is 3. The molecule has 1 aliphatic carbocycles. The van der Waals surface area contributed by atoms with Crippen LogP contribution in [0.25, 0.3) is 0 Å². The molecule has 1 heterocycles. The minimum Gasteiger partial charge on any atom is -0.381 e. The second-order valence-corrected chi connectivity index (χ2v) is 5.93. The minimum atomic E-state index is -4.28. The zero-order chi connectivity index (χ0) is 14.3. The largest absolute Gasteiger partial charge is 0.416 e. The first-order valence-corrected chi connectivity index (χ1v) is 7.13. The van der Waals surface area contributed by atoms with E-state index < -0.39 is 11.7 Å². The van der Waals surface area contributed by atoms with Crippen molar-refractivity contribution in [2.24, 2.45) is 0 Å². The van der Waals surface area contributed by atoms with Crippen LogP contribution in [0.15, 0.2) is 24.3 Å². The second-order valence-electron chi connectivity index (χ2n) is 5.93. The van der Waals surface area contributed by atoms with E-state index in [4.69, 9.17) is 0 Å². The molecule has 2 fully saturated rings. The molecule has 1 aromatic carbocycles. The summed E-state index contributed by atoms with van der Waals surface area (Å²) in [5, 5.41) is 3.25. The Hall–Kier alpha value is -1.23. The van der Waals surface area contributed by atoms with Crippen LogP contribution < -0.4 is 5.32 Å². The fourth-order valence-corrected chi connectivity index (χ4v) is 3.10. The molecule has 2 aliphatic rings. The summed E-state index contributed by atoms with van der Waals surface area (Å²) in [6.07, 6.45) is -0.755. The molecule has 110 valence electrons. The Morgan fingerprint density at radius 1 is 1.25 bits per heavy atom. The number of nitrogens with one attached hydrogen (secondary N) is 1. The van der Waals surface area contributed by atoms with E-state index in [1.54, 1.807) is 6.07 Å². The highest BCUT2D eigenvalue weighted by Gasteiger charge is 2.38. The molecule has 1 saturated heterocycles. The van der Waals surface area contributed by atoms with Gasteiger partial charge >= 0.3 is 6.18 Å². The average Bonchev–Trinajstić information content (AvgIpc) is 3.14. The number of halogens is 3. The van der Waals surface area contributed by atoms with Gasteiger partial charge in [-0.3, -0.25) is 4.90 Å². The van der Waals surface area contributed by atoms with Crippen molar-refractivity contribution in [3.8, 4) is 0 Å². The molecule has 0 radical (unpaired) electrons. The van der Waals surface area contributed by atoms with E-state index in [9.17, 15) is 13.2 Å². The van der Waals surface area contributed by atoms with Crippen LogP contribution in [0, 0.1) is 0 Å². The monoisotopic (exact) mass is 284 g/mol. The third kappa shape index (κ3) is 2.92. The van der Waals surface area contributed by atoms with Gasteiger partial charge in [0.05, 0.1) is 5.56 Å². The molecule has 3 rings (SSSR count). The van der Waals surface area contributed by atoms with Crippen molar-refractivity contribution >= 4 is 5.69 Å². The van der Waals surface area contributed by atoms with Crippen molar-refractivity contribution in [3.05, 3.63) is 29.8 Å². The Labute approximate surface area is 117 Å². The number of hydrogen-bond acceptors (Lipinski definition) is 2. The lowest BCUT2D eigenvalue weighted by Crippen LogP contribution is -2.31. The number of benzene rings is 1. The highest BCUT2D eigenvalue weighted by atomic mass is 19.4. The van der Waals surface area contributed by atoms with Crippen molar-refractivity contribution in [1.29, 1.82) is 0 Å². The molecule has 0 bridgehead atoms. The maximum Gasteiger partial charge on any atom is 0.416 e. The van der Waals surface area contributed by atoms with Gasteiger partial charge in [0.25, 0.3) is 0 Å². The van der Waals surface area contributed by atoms with Crippen LogP contribution in [0.3, 0.4) is 0 Å². The number of alkyl halides is 3. The minimum absolute atomic E-state index is 0.245. The zero-order valence-electron chi connectivity index (χ0n) is 11.5. The summed E-state index contributed by atoms with van der Waals surface area (Å²) in [5.74, 6) is 0. The second kappa shape index (κ2) is 4.95. The normalized spacial score (nSPS) is 27.8. The molecular weight excluding hydrogens is 265 g/mol. The molecule has 0 amide bonds. The third-order valence-corrected chi connectivity index (χ3v) is 4.20. The number of anilines is 1. The van der Waals surface area contributed by atoms with Gasteiger partial charge in [0, 0.05) is 30.4 Å². The SMILES string of the molecule is CC1CC(Nc2cccc(C(F)(F)F)c2)CN1C1CC1. The summed E-state index contributed by atoms with van der Waals surface area (Å²) in [7, 11) is 0. The predicted octanol–water partition coefficient (Wildman–Crippen LogP) is 3.74. The van der Waals surface area contributed by atoms with Crippen molar-refractivity contribution in [3.63, 3.8) is 0 Å². The number of likely N-dealkylation sites (tertiary alicyclic amines) is 1. The van der Waals surface area contributed by atoms with E-state index in [0.717, 1.165) is 19.0 Å². The quantitative estimate of drug-likeness (QED) is 0.909. The Morgan fingerprint density at radius 3 is 2.65 bits per heavy atom. The Bertz CT molecular complexity index is 482. The standard InChI is InChI=1S/C15H19F3N2/c1-10-7-13(9-20(10)14-5-6-14)19-12-4-2-3-11(8-12)15(16,17)18/h2-4,8,10,13-14,19H,5-7,9H2,1H3. The van der Waals surface area contributed by atoms with E-state index in [0.29, 0.717) is 17.8 Å². The maximum absolute atomic E-state index is 12.7. The number of hydrogen-bond donors (Lipinski definition) is 1. The van der Waals surface area contributed by atoms with Crippen LogP contribution in [-0.2, 0) is 6.18 Å². The van der Waals surface area contributed by atoms with Crippen LogP contribution in [0.5, 0.6) is 0 Å². The first kappa shape index (κ1) is 13.7. The van der Waals surface area contributed by atoms with E-state index >= 15 is 0 Å². The lowest BCUT2D eigenvalue weighted by Gasteiger charge is -2.20. The average molecular weight is 284 g/mol. The van der Waals surface area contributed by atoms with Crippen molar-refractivity contribution in [1.82, 2.24) is 4.90 Å². The van der Waals surface area contributed by atoms with Crippen LogP contribution in [0.4, 0.5) is 18.9 Å².